The van der Waals surface area contributed by atoms with Gasteiger partial charge < -0.3 is 9.73 Å². The van der Waals surface area contributed by atoms with Crippen molar-refractivity contribution in [2.45, 2.75) is 73.0 Å². The smallest absolute Gasteiger partial charge is 0.118 e. The van der Waals surface area contributed by atoms with E-state index in [-0.39, 0.29) is 0 Å². The molecule has 0 unspecified atom stereocenters. The van der Waals surface area contributed by atoms with E-state index >= 15 is 0 Å². The zero-order valence-electron chi connectivity index (χ0n) is 14.5. The SMILES string of the molecule is Cc1oc(CN2CCCC(C)(C)CC2)cc1CNC(C)C. The fourth-order valence-corrected chi connectivity index (χ4v) is 3.01. The highest BCUT2D eigenvalue weighted by Gasteiger charge is 2.23. The first-order valence-electron chi connectivity index (χ1n) is 8.40. The first-order valence-corrected chi connectivity index (χ1v) is 8.40. The van der Waals surface area contributed by atoms with Gasteiger partial charge in [0.25, 0.3) is 0 Å². The van der Waals surface area contributed by atoms with Crippen LogP contribution < -0.4 is 5.32 Å². The van der Waals surface area contributed by atoms with E-state index in [2.05, 4.69) is 50.9 Å². The number of rotatable bonds is 5. The van der Waals surface area contributed by atoms with E-state index in [0.717, 1.165) is 24.6 Å². The third-order valence-electron chi connectivity index (χ3n) is 4.58. The van der Waals surface area contributed by atoms with E-state index in [4.69, 9.17) is 4.42 Å². The molecule has 0 amide bonds. The Bertz CT molecular complexity index is 448. The Morgan fingerprint density at radius 3 is 2.76 bits per heavy atom. The Labute approximate surface area is 130 Å². The van der Waals surface area contributed by atoms with Crippen LogP contribution in [0.15, 0.2) is 10.5 Å². The van der Waals surface area contributed by atoms with Crippen molar-refractivity contribution in [3.05, 3.63) is 23.2 Å². The van der Waals surface area contributed by atoms with Crippen LogP contribution in [-0.4, -0.2) is 24.0 Å². The molecule has 0 bridgehead atoms. The molecule has 120 valence electrons. The Balaban J connectivity index is 1.92. The van der Waals surface area contributed by atoms with E-state index in [1.54, 1.807) is 0 Å². The third-order valence-corrected chi connectivity index (χ3v) is 4.58. The highest BCUT2D eigenvalue weighted by molar-refractivity contribution is 5.20. The molecule has 21 heavy (non-hydrogen) atoms. The van der Waals surface area contributed by atoms with E-state index in [1.807, 2.05) is 0 Å². The summed E-state index contributed by atoms with van der Waals surface area (Å²) in [6, 6.07) is 2.75. The van der Waals surface area contributed by atoms with Crippen molar-refractivity contribution >= 4 is 0 Å². The van der Waals surface area contributed by atoms with Crippen molar-refractivity contribution < 1.29 is 4.42 Å². The van der Waals surface area contributed by atoms with Crippen molar-refractivity contribution in [2.24, 2.45) is 5.41 Å². The quantitative estimate of drug-likeness (QED) is 0.885. The molecule has 1 aromatic rings. The van der Waals surface area contributed by atoms with Crippen molar-refractivity contribution in [3.8, 4) is 0 Å². The average molecular weight is 292 g/mol. The molecule has 0 spiro atoms. The van der Waals surface area contributed by atoms with Crippen LogP contribution in [0.2, 0.25) is 0 Å². The van der Waals surface area contributed by atoms with Crippen LogP contribution in [-0.2, 0) is 13.1 Å². The lowest BCUT2D eigenvalue weighted by atomic mass is 9.85. The number of hydrogen-bond acceptors (Lipinski definition) is 3. The minimum Gasteiger partial charge on any atom is -0.465 e. The topological polar surface area (TPSA) is 28.4 Å². The first kappa shape index (κ1) is 16.6. The molecule has 0 atom stereocenters. The van der Waals surface area contributed by atoms with Crippen LogP contribution in [0.25, 0.3) is 0 Å². The monoisotopic (exact) mass is 292 g/mol. The fourth-order valence-electron chi connectivity index (χ4n) is 3.01. The van der Waals surface area contributed by atoms with Gasteiger partial charge >= 0.3 is 0 Å². The Kier molecular flexibility index (Phi) is 5.50. The van der Waals surface area contributed by atoms with Gasteiger partial charge in [0.15, 0.2) is 0 Å². The van der Waals surface area contributed by atoms with E-state index < -0.39 is 0 Å². The van der Waals surface area contributed by atoms with E-state index in [0.29, 0.717) is 11.5 Å². The van der Waals surface area contributed by atoms with Gasteiger partial charge in [-0.15, -0.1) is 0 Å². The summed E-state index contributed by atoms with van der Waals surface area (Å²) in [5.74, 6) is 2.18. The van der Waals surface area contributed by atoms with Crippen LogP contribution in [0.4, 0.5) is 0 Å². The van der Waals surface area contributed by atoms with Crippen LogP contribution >= 0.6 is 0 Å². The van der Waals surface area contributed by atoms with Gasteiger partial charge in [0.2, 0.25) is 0 Å². The molecule has 3 heteroatoms. The maximum atomic E-state index is 5.96. The molecule has 0 aliphatic carbocycles. The van der Waals surface area contributed by atoms with Gasteiger partial charge in [-0.2, -0.15) is 0 Å². The Morgan fingerprint density at radius 1 is 1.29 bits per heavy atom. The summed E-state index contributed by atoms with van der Waals surface area (Å²) < 4.78 is 5.96. The second-order valence-electron chi connectivity index (χ2n) is 7.62. The Morgan fingerprint density at radius 2 is 2.05 bits per heavy atom. The van der Waals surface area contributed by atoms with Gasteiger partial charge in [-0.25, -0.2) is 0 Å². The molecule has 1 aliphatic heterocycles. The number of hydrogen-bond donors (Lipinski definition) is 1. The number of aryl methyl sites for hydroxylation is 1. The summed E-state index contributed by atoms with van der Waals surface area (Å²) in [6.45, 7) is 15.5. The third kappa shape index (κ3) is 5.15. The normalized spacial score (nSPS) is 19.9. The van der Waals surface area contributed by atoms with Crippen LogP contribution in [0.5, 0.6) is 0 Å². The molecule has 1 N–H and O–H groups in total. The molecule has 0 radical (unpaired) electrons. The summed E-state index contributed by atoms with van der Waals surface area (Å²) in [5, 5.41) is 3.47. The predicted octanol–water partition coefficient (Wildman–Crippen LogP) is 4.10. The second kappa shape index (κ2) is 6.97. The van der Waals surface area contributed by atoms with Crippen molar-refractivity contribution in [3.63, 3.8) is 0 Å². The molecule has 0 aromatic carbocycles. The maximum absolute atomic E-state index is 5.96. The van der Waals surface area contributed by atoms with Crippen LogP contribution in [0.3, 0.4) is 0 Å². The van der Waals surface area contributed by atoms with Crippen molar-refractivity contribution in [2.75, 3.05) is 13.1 Å². The lowest BCUT2D eigenvalue weighted by Crippen LogP contribution is -2.24. The van der Waals surface area contributed by atoms with Gasteiger partial charge in [0.05, 0.1) is 6.54 Å². The largest absolute Gasteiger partial charge is 0.465 e. The molecule has 2 rings (SSSR count). The number of nitrogens with one attached hydrogen (secondary N) is 1. The molecular weight excluding hydrogens is 260 g/mol. The van der Waals surface area contributed by atoms with E-state index in [9.17, 15) is 0 Å². The van der Waals surface area contributed by atoms with E-state index in [1.165, 1.54) is 37.9 Å². The van der Waals surface area contributed by atoms with Crippen LogP contribution in [0, 0.1) is 12.3 Å². The maximum Gasteiger partial charge on any atom is 0.118 e. The summed E-state index contributed by atoms with van der Waals surface area (Å²) in [7, 11) is 0. The summed E-state index contributed by atoms with van der Waals surface area (Å²) in [5.41, 5.74) is 1.80. The minimum absolute atomic E-state index is 0.500. The van der Waals surface area contributed by atoms with Crippen molar-refractivity contribution in [1.82, 2.24) is 10.2 Å². The highest BCUT2D eigenvalue weighted by Crippen LogP contribution is 2.30. The first-order chi connectivity index (χ1) is 9.85. The molecule has 1 fully saturated rings. The number of likely N-dealkylation sites (tertiary alicyclic amines) is 1. The fraction of sp³-hybridized carbons (Fsp3) is 0.778. The Hall–Kier alpha value is -0.800. The average Bonchev–Trinajstić information content (AvgIpc) is 2.63. The zero-order chi connectivity index (χ0) is 15.5. The molecule has 2 heterocycles. The van der Waals surface area contributed by atoms with Crippen LogP contribution in [0.1, 0.15) is 64.0 Å². The highest BCUT2D eigenvalue weighted by atomic mass is 16.3. The lowest BCUT2D eigenvalue weighted by molar-refractivity contribution is 0.237. The zero-order valence-corrected chi connectivity index (χ0v) is 14.5. The molecule has 1 aromatic heterocycles. The molecule has 0 saturated carbocycles. The molecule has 1 saturated heterocycles. The number of furan rings is 1. The second-order valence-corrected chi connectivity index (χ2v) is 7.62. The summed E-state index contributed by atoms with van der Waals surface area (Å²) >= 11 is 0. The minimum atomic E-state index is 0.500. The predicted molar refractivity (Wildman–Crippen MR) is 88.3 cm³/mol. The van der Waals surface area contributed by atoms with Gasteiger partial charge in [-0.1, -0.05) is 27.7 Å². The van der Waals surface area contributed by atoms with Gasteiger partial charge in [0, 0.05) is 18.2 Å². The summed E-state index contributed by atoms with van der Waals surface area (Å²) in [4.78, 5) is 2.55. The van der Waals surface area contributed by atoms with Gasteiger partial charge in [-0.05, 0) is 50.8 Å². The van der Waals surface area contributed by atoms with Gasteiger partial charge in [-0.3, -0.25) is 4.90 Å². The lowest BCUT2D eigenvalue weighted by Gasteiger charge is -2.22. The van der Waals surface area contributed by atoms with Crippen molar-refractivity contribution in [1.29, 1.82) is 0 Å². The molecule has 1 aliphatic rings. The molecule has 3 nitrogen and oxygen atoms in total. The summed E-state index contributed by atoms with van der Waals surface area (Å²) in [6.07, 6.45) is 3.92. The number of nitrogens with zero attached hydrogens (tertiary/aromatic N) is 1. The molecular formula is C18H32N2O. The standard InChI is InChI=1S/C18H32N2O/c1-14(2)19-12-16-11-17(21-15(16)3)13-20-9-6-7-18(4,5)8-10-20/h11,14,19H,6-10,12-13H2,1-5H3. The van der Waals surface area contributed by atoms with Gasteiger partial charge in [0.1, 0.15) is 11.5 Å².